The molecule has 2 aliphatic heterocycles. The van der Waals surface area contributed by atoms with E-state index in [1.807, 2.05) is 30.5 Å². The Morgan fingerprint density at radius 1 is 1.00 bits per heavy atom. The maximum absolute atomic E-state index is 6.39. The Labute approximate surface area is 213 Å². The molecule has 5 heterocycles. The molecular weight excluding hydrogens is 483 g/mol. The lowest BCUT2D eigenvalue weighted by molar-refractivity contribution is -0.00896. The second-order valence-electron chi connectivity index (χ2n) is 8.91. The molecule has 2 saturated heterocycles. The predicted molar refractivity (Wildman–Crippen MR) is 141 cm³/mol. The van der Waals surface area contributed by atoms with Crippen molar-refractivity contribution < 1.29 is 4.74 Å². The van der Waals surface area contributed by atoms with Crippen molar-refractivity contribution in [3.8, 4) is 22.3 Å². The minimum absolute atomic E-state index is 0.113. The summed E-state index contributed by atoms with van der Waals surface area (Å²) in [7, 11) is 0. The number of benzene rings is 1. The molecule has 0 saturated carbocycles. The number of piperidine rings is 1. The molecule has 0 aliphatic carbocycles. The summed E-state index contributed by atoms with van der Waals surface area (Å²) in [5.41, 5.74) is 11.5. The average molecular weight is 507 g/mol. The number of nitrogen functional groups attached to an aromatic ring is 1. The van der Waals surface area contributed by atoms with Crippen molar-refractivity contribution in [1.29, 1.82) is 0 Å². The van der Waals surface area contributed by atoms with Gasteiger partial charge >= 0.3 is 0 Å². The molecule has 6 rings (SSSR count). The summed E-state index contributed by atoms with van der Waals surface area (Å²) in [5, 5.41) is 5.68. The number of ether oxygens (including phenoxy) is 1. The van der Waals surface area contributed by atoms with E-state index in [0.717, 1.165) is 66.0 Å². The van der Waals surface area contributed by atoms with E-state index in [0.29, 0.717) is 27.6 Å². The van der Waals surface area contributed by atoms with E-state index in [4.69, 9.17) is 38.7 Å². The van der Waals surface area contributed by atoms with E-state index in [2.05, 4.69) is 26.3 Å². The van der Waals surface area contributed by atoms with Crippen LogP contribution < -0.4 is 16.0 Å². The van der Waals surface area contributed by atoms with Gasteiger partial charge in [0.05, 0.1) is 18.4 Å². The number of hydrogen-bond acceptors (Lipinski definition) is 7. The summed E-state index contributed by atoms with van der Waals surface area (Å²) in [5.74, 6) is 0.462. The molecule has 3 N–H and O–H groups in total. The fourth-order valence-corrected chi connectivity index (χ4v) is 5.64. The molecule has 2 aliphatic rings. The van der Waals surface area contributed by atoms with Crippen LogP contribution in [0.5, 0.6) is 0 Å². The van der Waals surface area contributed by atoms with Gasteiger partial charge in [-0.15, -0.1) is 0 Å². The zero-order valence-corrected chi connectivity index (χ0v) is 20.4. The number of nitrogens with one attached hydrogen (secondary N) is 1. The van der Waals surface area contributed by atoms with E-state index >= 15 is 0 Å². The number of halogens is 2. The summed E-state index contributed by atoms with van der Waals surface area (Å²) in [6.45, 7) is 3.24. The molecule has 4 aromatic rings. The molecule has 35 heavy (non-hydrogen) atoms. The van der Waals surface area contributed by atoms with E-state index in [-0.39, 0.29) is 6.10 Å². The molecule has 0 spiro atoms. The maximum atomic E-state index is 6.39. The highest BCUT2D eigenvalue weighted by Gasteiger charge is 2.33. The van der Waals surface area contributed by atoms with Crippen molar-refractivity contribution in [2.75, 3.05) is 36.9 Å². The topological polar surface area (TPSA) is 89.2 Å². The number of nitrogens with two attached hydrogens (primary N) is 1. The van der Waals surface area contributed by atoms with Gasteiger partial charge in [0.25, 0.3) is 0 Å². The number of hydrogen-bond donors (Lipinski definition) is 2. The lowest BCUT2D eigenvalue weighted by Crippen LogP contribution is -2.57. The third-order valence-corrected chi connectivity index (χ3v) is 7.17. The Hall–Kier alpha value is -2.97. The van der Waals surface area contributed by atoms with Crippen molar-refractivity contribution in [3.05, 3.63) is 65.0 Å². The largest absolute Gasteiger partial charge is 0.383 e. The average Bonchev–Trinajstić information content (AvgIpc) is 2.87. The fraction of sp³-hybridized carbons (Fsp3) is 0.269. The quantitative estimate of drug-likeness (QED) is 0.411. The highest BCUT2D eigenvalue weighted by Crippen LogP contribution is 2.41. The van der Waals surface area contributed by atoms with E-state index in [1.165, 1.54) is 0 Å². The summed E-state index contributed by atoms with van der Waals surface area (Å²) in [6, 6.07) is 11.9. The summed E-state index contributed by atoms with van der Waals surface area (Å²) in [6.07, 6.45) is 6.43. The number of fused-ring (bicyclic) bond motifs is 2. The molecule has 3 aromatic heterocycles. The van der Waals surface area contributed by atoms with Gasteiger partial charge in [-0.3, -0.25) is 0 Å². The van der Waals surface area contributed by atoms with E-state index in [1.54, 1.807) is 18.5 Å². The van der Waals surface area contributed by atoms with Crippen LogP contribution in [0.3, 0.4) is 0 Å². The number of pyridine rings is 3. The minimum atomic E-state index is 0.113. The van der Waals surface area contributed by atoms with Crippen LogP contribution in [-0.4, -0.2) is 53.3 Å². The number of rotatable bonds is 3. The van der Waals surface area contributed by atoms with Gasteiger partial charge in [-0.1, -0.05) is 23.2 Å². The molecule has 2 atom stereocenters. The summed E-state index contributed by atoms with van der Waals surface area (Å²) >= 11 is 12.8. The third kappa shape index (κ3) is 4.29. The first-order valence-electron chi connectivity index (χ1n) is 11.6. The van der Waals surface area contributed by atoms with Crippen LogP contribution in [0, 0.1) is 0 Å². The van der Waals surface area contributed by atoms with Gasteiger partial charge in [0.15, 0.2) is 5.65 Å². The molecule has 7 nitrogen and oxygen atoms in total. The van der Waals surface area contributed by atoms with Gasteiger partial charge in [-0.05, 0) is 48.4 Å². The van der Waals surface area contributed by atoms with Crippen LogP contribution in [0.25, 0.3) is 33.3 Å². The zero-order chi connectivity index (χ0) is 23.9. The summed E-state index contributed by atoms with van der Waals surface area (Å²) in [4.78, 5) is 16.0. The highest BCUT2D eigenvalue weighted by molar-refractivity contribution is 6.35. The smallest absolute Gasteiger partial charge is 0.161 e. The molecule has 1 aromatic carbocycles. The van der Waals surface area contributed by atoms with Crippen LogP contribution >= 0.6 is 23.2 Å². The molecule has 2 fully saturated rings. The standard InChI is InChI=1S/C26H24Cl2N6O/c27-17-8-15(9-18(28)11-17)21-13-33-26-20(10-16(12-32-26)19-2-1-4-31-25(19)29)24(21)34-6-3-22-23(14-34)35-7-5-30-22/h1-2,4,8-13,22-23,30H,3,5-7,14H2,(H2,29,31)/t22-,23-/m0/s1. The van der Waals surface area contributed by atoms with Crippen LogP contribution in [0.2, 0.25) is 10.0 Å². The number of aromatic nitrogens is 3. The van der Waals surface area contributed by atoms with Crippen molar-refractivity contribution in [1.82, 2.24) is 20.3 Å². The molecule has 0 amide bonds. The Balaban J connectivity index is 1.55. The first kappa shape index (κ1) is 22.5. The van der Waals surface area contributed by atoms with Gasteiger partial charge in [0, 0.05) is 76.4 Å². The fourth-order valence-electron chi connectivity index (χ4n) is 5.11. The molecule has 0 unspecified atom stereocenters. The van der Waals surface area contributed by atoms with Crippen LogP contribution in [0.4, 0.5) is 11.5 Å². The van der Waals surface area contributed by atoms with Gasteiger partial charge in [0.2, 0.25) is 0 Å². The SMILES string of the molecule is Nc1ncccc1-c1cnc2ncc(-c3cc(Cl)cc(Cl)c3)c(N3CC[C@@H]4NCCO[C@H]4C3)c2c1. The molecule has 9 heteroatoms. The Morgan fingerprint density at radius 3 is 2.66 bits per heavy atom. The third-order valence-electron chi connectivity index (χ3n) is 6.73. The zero-order valence-electron chi connectivity index (χ0n) is 18.9. The number of nitrogens with zero attached hydrogens (tertiary/aromatic N) is 4. The second-order valence-corrected chi connectivity index (χ2v) is 9.79. The lowest BCUT2D eigenvalue weighted by atomic mass is 9.96. The monoisotopic (exact) mass is 506 g/mol. The minimum Gasteiger partial charge on any atom is -0.383 e. The molecule has 178 valence electrons. The maximum Gasteiger partial charge on any atom is 0.161 e. The van der Waals surface area contributed by atoms with Crippen LogP contribution in [-0.2, 0) is 4.74 Å². The molecular formula is C26H24Cl2N6O. The van der Waals surface area contributed by atoms with E-state index in [9.17, 15) is 0 Å². The van der Waals surface area contributed by atoms with Crippen molar-refractivity contribution in [3.63, 3.8) is 0 Å². The molecule has 0 bridgehead atoms. The highest BCUT2D eigenvalue weighted by atomic mass is 35.5. The van der Waals surface area contributed by atoms with Gasteiger partial charge < -0.3 is 20.7 Å². The first-order valence-corrected chi connectivity index (χ1v) is 12.4. The van der Waals surface area contributed by atoms with Gasteiger partial charge in [-0.25, -0.2) is 15.0 Å². The number of morpholine rings is 1. The van der Waals surface area contributed by atoms with Gasteiger partial charge in [-0.2, -0.15) is 0 Å². The Morgan fingerprint density at radius 2 is 1.83 bits per heavy atom. The van der Waals surface area contributed by atoms with Crippen molar-refractivity contribution in [2.45, 2.75) is 18.6 Å². The molecule has 0 radical (unpaired) electrons. The van der Waals surface area contributed by atoms with Crippen LogP contribution in [0.15, 0.2) is 55.0 Å². The first-order chi connectivity index (χ1) is 17.1. The van der Waals surface area contributed by atoms with Gasteiger partial charge in [0.1, 0.15) is 5.82 Å². The number of anilines is 2. The van der Waals surface area contributed by atoms with E-state index < -0.39 is 0 Å². The lowest BCUT2D eigenvalue weighted by Gasteiger charge is -2.43. The Kier molecular flexibility index (Phi) is 5.94. The second kappa shape index (κ2) is 9.24. The predicted octanol–water partition coefficient (Wildman–Crippen LogP) is 4.81. The normalized spacial score (nSPS) is 20.1. The van der Waals surface area contributed by atoms with Crippen molar-refractivity contribution in [2.24, 2.45) is 0 Å². The summed E-state index contributed by atoms with van der Waals surface area (Å²) < 4.78 is 6.14. The van der Waals surface area contributed by atoms with Crippen LogP contribution in [0.1, 0.15) is 6.42 Å². The van der Waals surface area contributed by atoms with Crippen molar-refractivity contribution >= 4 is 45.7 Å². The Bertz CT molecular complexity index is 1390.